The molecule has 2 aliphatic rings. The molecule has 6 nitrogen and oxygen atoms in total. The molecule has 2 heterocycles. The van der Waals surface area contributed by atoms with Crippen LogP contribution >= 0.6 is 0 Å². The second-order valence-electron chi connectivity index (χ2n) is 7.03. The van der Waals surface area contributed by atoms with Gasteiger partial charge in [0.2, 0.25) is 5.91 Å². The lowest BCUT2D eigenvalue weighted by Gasteiger charge is -2.40. The second-order valence-corrected chi connectivity index (χ2v) is 7.03. The Morgan fingerprint density at radius 1 is 1.21 bits per heavy atom. The number of alkyl halides is 4. The van der Waals surface area contributed by atoms with E-state index in [1.54, 1.807) is 0 Å². The predicted molar refractivity (Wildman–Crippen MR) is 89.6 cm³/mol. The number of hydrogen-bond acceptors (Lipinski definition) is 4. The molecule has 0 aromatic heterocycles. The molecule has 1 aromatic carbocycles. The van der Waals surface area contributed by atoms with E-state index in [1.807, 2.05) is 0 Å². The van der Waals surface area contributed by atoms with Gasteiger partial charge in [0, 0.05) is 32.9 Å². The number of carbonyl (C=O) groups excluding carboxylic acids is 2. The molecule has 0 aliphatic carbocycles. The molecule has 28 heavy (non-hydrogen) atoms. The summed E-state index contributed by atoms with van der Waals surface area (Å²) in [5.41, 5.74) is 0. The highest BCUT2D eigenvalue weighted by Crippen LogP contribution is 2.32. The van der Waals surface area contributed by atoms with E-state index in [1.165, 1.54) is 29.2 Å². The van der Waals surface area contributed by atoms with Crippen molar-refractivity contribution in [3.05, 3.63) is 24.3 Å². The van der Waals surface area contributed by atoms with Gasteiger partial charge in [0.05, 0.1) is 12.6 Å². The van der Waals surface area contributed by atoms with Crippen LogP contribution in [0.15, 0.2) is 24.3 Å². The summed E-state index contributed by atoms with van der Waals surface area (Å²) in [6.07, 6.45) is -3.93. The highest BCUT2D eigenvalue weighted by atomic mass is 19.3. The van der Waals surface area contributed by atoms with Crippen molar-refractivity contribution < 1.29 is 36.6 Å². The first-order valence-electron chi connectivity index (χ1n) is 8.83. The maximum absolute atomic E-state index is 14.1. The third kappa shape index (κ3) is 5.05. The molecule has 0 N–H and O–H groups in total. The molecule has 0 spiro atoms. The zero-order valence-electron chi connectivity index (χ0n) is 15.2. The lowest BCUT2D eigenvalue weighted by molar-refractivity contribution is -0.159. The Balaban J connectivity index is 1.65. The van der Waals surface area contributed by atoms with Gasteiger partial charge in [-0.2, -0.15) is 8.78 Å². The average Bonchev–Trinajstić information content (AvgIpc) is 3.00. The van der Waals surface area contributed by atoms with Gasteiger partial charge in [0.25, 0.3) is 5.92 Å². The number of likely N-dealkylation sites (tertiary alicyclic amines) is 2. The predicted octanol–water partition coefficient (Wildman–Crippen LogP) is 3.51. The number of nitrogens with zero attached hydrogens (tertiary/aromatic N) is 2. The van der Waals surface area contributed by atoms with Crippen molar-refractivity contribution >= 4 is 12.0 Å². The van der Waals surface area contributed by atoms with Crippen LogP contribution in [-0.2, 0) is 4.79 Å². The molecule has 2 amide bonds. The van der Waals surface area contributed by atoms with Gasteiger partial charge in [0.1, 0.15) is 11.5 Å². The van der Waals surface area contributed by atoms with Crippen LogP contribution in [0.25, 0.3) is 0 Å². The SMILES string of the molecule is CC(F)(F)Oc1ccc(OC(=O)N2CC(N3CCCC3=O)CC(F)(F)C2)cc1. The van der Waals surface area contributed by atoms with Gasteiger partial charge in [0.15, 0.2) is 0 Å². The van der Waals surface area contributed by atoms with E-state index in [-0.39, 0.29) is 24.0 Å². The van der Waals surface area contributed by atoms with Crippen molar-refractivity contribution in [1.82, 2.24) is 9.80 Å². The first-order valence-corrected chi connectivity index (χ1v) is 8.83. The lowest BCUT2D eigenvalue weighted by Crippen LogP contribution is -2.57. The zero-order chi connectivity index (χ0) is 20.5. The Labute approximate surface area is 159 Å². The molecule has 2 aliphatic heterocycles. The van der Waals surface area contributed by atoms with Crippen LogP contribution in [0.3, 0.4) is 0 Å². The Morgan fingerprint density at radius 2 is 1.86 bits per heavy atom. The van der Waals surface area contributed by atoms with Gasteiger partial charge in [-0.1, -0.05) is 0 Å². The van der Waals surface area contributed by atoms with Gasteiger partial charge in [-0.3, -0.25) is 9.69 Å². The number of piperidine rings is 1. The normalized spacial score (nSPS) is 22.3. The lowest BCUT2D eigenvalue weighted by atomic mass is 10.0. The molecule has 1 atom stereocenters. The number of amides is 2. The topological polar surface area (TPSA) is 59.1 Å². The van der Waals surface area contributed by atoms with Crippen molar-refractivity contribution in [2.45, 2.75) is 44.3 Å². The van der Waals surface area contributed by atoms with E-state index in [0.29, 0.717) is 26.3 Å². The molecular formula is C18H20F4N2O4. The fourth-order valence-electron chi connectivity index (χ4n) is 3.42. The van der Waals surface area contributed by atoms with Gasteiger partial charge < -0.3 is 14.4 Å². The molecule has 2 fully saturated rings. The highest BCUT2D eigenvalue weighted by Gasteiger charge is 2.46. The Bertz CT molecular complexity index is 736. The molecule has 10 heteroatoms. The smallest absolute Gasteiger partial charge is 0.415 e. The van der Waals surface area contributed by atoms with Crippen LogP contribution in [0.1, 0.15) is 26.2 Å². The standard InChI is InChI=1S/C18H20F4N2O4/c1-17(19,20)28-14-6-4-13(5-7-14)27-16(26)23-10-12(9-18(21,22)11-23)24-8-2-3-15(24)25/h4-7,12H,2-3,8-11H2,1H3. The van der Waals surface area contributed by atoms with Crippen LogP contribution in [-0.4, -0.2) is 59.5 Å². The quantitative estimate of drug-likeness (QED) is 0.721. The summed E-state index contributed by atoms with van der Waals surface area (Å²) in [6.45, 7) is 0.113. The van der Waals surface area contributed by atoms with E-state index < -0.39 is 37.1 Å². The van der Waals surface area contributed by atoms with Crippen molar-refractivity contribution in [3.8, 4) is 11.5 Å². The van der Waals surface area contributed by atoms with Crippen LogP contribution in [0.2, 0.25) is 0 Å². The van der Waals surface area contributed by atoms with E-state index in [9.17, 15) is 27.2 Å². The van der Waals surface area contributed by atoms with Crippen LogP contribution in [0, 0.1) is 0 Å². The largest absolute Gasteiger partial charge is 0.433 e. The van der Waals surface area contributed by atoms with E-state index in [0.717, 1.165) is 4.90 Å². The van der Waals surface area contributed by atoms with Gasteiger partial charge in [-0.25, -0.2) is 13.6 Å². The summed E-state index contributed by atoms with van der Waals surface area (Å²) < 4.78 is 63.3. The average molecular weight is 404 g/mol. The molecule has 1 aromatic rings. The van der Waals surface area contributed by atoms with Crippen molar-refractivity contribution in [2.75, 3.05) is 19.6 Å². The number of carbonyl (C=O) groups is 2. The van der Waals surface area contributed by atoms with Gasteiger partial charge in [-0.05, 0) is 30.7 Å². The molecule has 0 radical (unpaired) electrons. The molecule has 3 rings (SSSR count). The fourth-order valence-corrected chi connectivity index (χ4v) is 3.42. The van der Waals surface area contributed by atoms with Crippen molar-refractivity contribution in [3.63, 3.8) is 0 Å². The molecule has 154 valence electrons. The number of halogens is 4. The van der Waals surface area contributed by atoms with E-state index in [2.05, 4.69) is 4.74 Å². The first kappa shape index (κ1) is 20.2. The number of ether oxygens (including phenoxy) is 2. The summed E-state index contributed by atoms with van der Waals surface area (Å²) in [5, 5.41) is 0. The minimum Gasteiger partial charge on any atom is -0.433 e. The van der Waals surface area contributed by atoms with Gasteiger partial charge in [-0.15, -0.1) is 0 Å². The minimum absolute atomic E-state index is 0.000502. The number of benzene rings is 1. The molecule has 0 saturated carbocycles. The minimum atomic E-state index is -3.36. The summed E-state index contributed by atoms with van der Waals surface area (Å²) in [6, 6.07) is 4.03. The Kier molecular flexibility index (Phi) is 5.40. The molecule has 0 bridgehead atoms. The third-order valence-corrected chi connectivity index (χ3v) is 4.52. The van der Waals surface area contributed by atoms with Gasteiger partial charge >= 0.3 is 12.2 Å². The van der Waals surface area contributed by atoms with E-state index in [4.69, 9.17) is 4.74 Å². The fraction of sp³-hybridized carbons (Fsp3) is 0.556. The van der Waals surface area contributed by atoms with Crippen LogP contribution in [0.5, 0.6) is 11.5 Å². The Hall–Kier alpha value is -2.52. The van der Waals surface area contributed by atoms with Crippen LogP contribution < -0.4 is 9.47 Å². The Morgan fingerprint density at radius 3 is 2.43 bits per heavy atom. The summed E-state index contributed by atoms with van der Waals surface area (Å²) in [5.74, 6) is -3.47. The van der Waals surface area contributed by atoms with Crippen molar-refractivity contribution in [2.24, 2.45) is 0 Å². The van der Waals surface area contributed by atoms with E-state index >= 15 is 0 Å². The van der Waals surface area contributed by atoms with Crippen molar-refractivity contribution in [1.29, 1.82) is 0 Å². The monoisotopic (exact) mass is 404 g/mol. The summed E-state index contributed by atoms with van der Waals surface area (Å²) >= 11 is 0. The van der Waals surface area contributed by atoms with Crippen LogP contribution in [0.4, 0.5) is 22.4 Å². The summed E-state index contributed by atoms with van der Waals surface area (Å²) in [7, 11) is 0. The summed E-state index contributed by atoms with van der Waals surface area (Å²) in [4.78, 5) is 26.4. The maximum Gasteiger partial charge on any atom is 0.415 e. The third-order valence-electron chi connectivity index (χ3n) is 4.52. The second kappa shape index (κ2) is 7.48. The zero-order valence-corrected chi connectivity index (χ0v) is 15.2. The first-order chi connectivity index (χ1) is 13.0. The number of rotatable bonds is 4. The highest BCUT2D eigenvalue weighted by molar-refractivity contribution is 5.78. The number of hydrogen-bond donors (Lipinski definition) is 0. The molecule has 1 unspecified atom stereocenters. The maximum atomic E-state index is 14.1. The molecule has 2 saturated heterocycles. The molecular weight excluding hydrogens is 384 g/mol.